The van der Waals surface area contributed by atoms with Gasteiger partial charge in [-0.15, -0.1) is 0 Å². The van der Waals surface area contributed by atoms with Gasteiger partial charge < -0.3 is 29.4 Å². The van der Waals surface area contributed by atoms with E-state index in [9.17, 15) is 19.2 Å². The molecular weight excluding hydrogens is 530 g/mol. The lowest BCUT2D eigenvalue weighted by Gasteiger charge is -2.29. The molecule has 0 saturated heterocycles. The van der Waals surface area contributed by atoms with Crippen LogP contribution in [0.15, 0.2) is 18.2 Å². The van der Waals surface area contributed by atoms with Crippen LogP contribution in [-0.2, 0) is 35.0 Å². The van der Waals surface area contributed by atoms with E-state index in [1.54, 1.807) is 26.8 Å². The van der Waals surface area contributed by atoms with Gasteiger partial charge in [0.2, 0.25) is 0 Å². The Hall–Kier alpha value is -3.14. The second-order valence-electron chi connectivity index (χ2n) is 11.5. The molecule has 1 rings (SSSR count). The Kier molecular flexibility index (Phi) is 14.8. The quantitative estimate of drug-likeness (QED) is 0.149. The van der Waals surface area contributed by atoms with E-state index in [1.165, 1.54) is 19.2 Å². The summed E-state index contributed by atoms with van der Waals surface area (Å²) in [5.41, 5.74) is 5.46. The van der Waals surface area contributed by atoms with E-state index in [4.69, 9.17) is 29.4 Å². The molecule has 0 saturated carbocycles. The molecular formula is C31H49NO9. The number of hydrogen-bond donors (Lipinski definition) is 1. The highest BCUT2D eigenvalue weighted by molar-refractivity contribution is 5.81. The fraction of sp³-hybridized carbons (Fsp3) is 0.677. The molecule has 0 aliphatic rings. The Morgan fingerprint density at radius 3 is 1.93 bits per heavy atom. The predicted molar refractivity (Wildman–Crippen MR) is 154 cm³/mol. The number of unbranched alkanes of at least 4 members (excludes halogenated alkanes) is 2. The fourth-order valence-electron chi connectivity index (χ4n) is 3.83. The predicted octanol–water partition coefficient (Wildman–Crippen LogP) is 5.62. The van der Waals surface area contributed by atoms with E-state index in [0.717, 1.165) is 19.3 Å². The zero-order valence-corrected chi connectivity index (χ0v) is 26.1. The molecule has 4 atom stereocenters. The minimum Gasteiger partial charge on any atom is -0.468 e. The van der Waals surface area contributed by atoms with E-state index in [-0.39, 0.29) is 48.7 Å². The topological polar surface area (TPSA) is 140 Å². The van der Waals surface area contributed by atoms with Crippen molar-refractivity contribution in [3.8, 4) is 11.5 Å². The van der Waals surface area contributed by atoms with Crippen LogP contribution < -0.4 is 15.2 Å². The highest BCUT2D eigenvalue weighted by Crippen LogP contribution is 2.33. The first kappa shape index (κ1) is 35.9. The molecule has 0 fully saturated rings. The monoisotopic (exact) mass is 579 g/mol. The van der Waals surface area contributed by atoms with Crippen molar-refractivity contribution < 1.29 is 42.9 Å². The first-order chi connectivity index (χ1) is 19.1. The van der Waals surface area contributed by atoms with Gasteiger partial charge in [0.1, 0.15) is 11.6 Å². The van der Waals surface area contributed by atoms with Crippen LogP contribution in [0.3, 0.4) is 0 Å². The summed E-state index contributed by atoms with van der Waals surface area (Å²) >= 11 is 0. The van der Waals surface area contributed by atoms with Crippen LogP contribution >= 0.6 is 0 Å². The summed E-state index contributed by atoms with van der Waals surface area (Å²) in [7, 11) is 1.22. The number of benzene rings is 1. The first-order valence-electron chi connectivity index (χ1n) is 14.4. The molecule has 0 bridgehead atoms. The number of esters is 3. The van der Waals surface area contributed by atoms with E-state index < -0.39 is 41.6 Å². The van der Waals surface area contributed by atoms with Crippen LogP contribution in [0.1, 0.15) is 86.6 Å². The Bertz CT molecular complexity index is 1020. The van der Waals surface area contributed by atoms with Gasteiger partial charge in [0.15, 0.2) is 11.5 Å². The first-order valence-corrected chi connectivity index (χ1v) is 14.4. The Balaban J connectivity index is 3.24. The summed E-state index contributed by atoms with van der Waals surface area (Å²) in [6.45, 7) is 15.0. The molecule has 2 N–H and O–H groups in total. The molecule has 0 amide bonds. The maximum Gasteiger partial charge on any atom is 0.508 e. The lowest BCUT2D eigenvalue weighted by Crippen LogP contribution is -2.53. The average molecular weight is 580 g/mol. The van der Waals surface area contributed by atoms with Crippen molar-refractivity contribution in [1.82, 2.24) is 0 Å². The molecule has 0 radical (unpaired) electrons. The SMILES string of the molecule is CCCCCOC(=O)O[C@@H](C)CC(N)(Cc1ccc(OC(=O)C(C)C(C)C)c(OC(=O)C(C)C(C)C)c1)C(=O)OC. The summed E-state index contributed by atoms with van der Waals surface area (Å²) in [4.78, 5) is 50.4. The van der Waals surface area contributed by atoms with Gasteiger partial charge in [-0.25, -0.2) is 4.79 Å². The Labute approximate surface area is 244 Å². The van der Waals surface area contributed by atoms with Crippen LogP contribution in [0.4, 0.5) is 4.79 Å². The van der Waals surface area contributed by atoms with Gasteiger partial charge in [0.25, 0.3) is 0 Å². The van der Waals surface area contributed by atoms with Gasteiger partial charge in [0.05, 0.1) is 25.6 Å². The smallest absolute Gasteiger partial charge is 0.468 e. The number of rotatable bonds is 16. The second kappa shape index (κ2) is 17.0. The van der Waals surface area contributed by atoms with E-state index >= 15 is 0 Å². The zero-order valence-electron chi connectivity index (χ0n) is 26.1. The summed E-state index contributed by atoms with van der Waals surface area (Å²) < 4.78 is 26.7. The molecule has 0 aliphatic heterocycles. The maximum atomic E-state index is 12.8. The third-order valence-corrected chi connectivity index (χ3v) is 7.20. The largest absolute Gasteiger partial charge is 0.508 e. The second-order valence-corrected chi connectivity index (χ2v) is 11.5. The molecule has 10 nitrogen and oxygen atoms in total. The maximum absolute atomic E-state index is 12.8. The molecule has 1 aromatic carbocycles. The molecule has 41 heavy (non-hydrogen) atoms. The summed E-state index contributed by atoms with van der Waals surface area (Å²) in [5.74, 6) is -2.27. The minimum absolute atomic E-state index is 0.0217. The molecule has 1 aromatic rings. The van der Waals surface area contributed by atoms with Gasteiger partial charge in [0, 0.05) is 12.8 Å². The molecule has 0 spiro atoms. The van der Waals surface area contributed by atoms with Crippen molar-refractivity contribution >= 4 is 24.1 Å². The van der Waals surface area contributed by atoms with Crippen LogP contribution in [0.5, 0.6) is 11.5 Å². The minimum atomic E-state index is -1.59. The lowest BCUT2D eigenvalue weighted by atomic mass is 9.86. The number of nitrogens with two attached hydrogens (primary N) is 1. The van der Waals surface area contributed by atoms with Gasteiger partial charge in [-0.1, -0.05) is 67.4 Å². The lowest BCUT2D eigenvalue weighted by molar-refractivity contribution is -0.148. The Morgan fingerprint density at radius 1 is 0.854 bits per heavy atom. The van der Waals surface area contributed by atoms with Crippen LogP contribution in [0.25, 0.3) is 0 Å². The van der Waals surface area contributed by atoms with Gasteiger partial charge in [-0.05, 0) is 42.9 Å². The molecule has 0 heterocycles. The average Bonchev–Trinajstić information content (AvgIpc) is 2.90. The third kappa shape index (κ3) is 11.7. The van der Waals surface area contributed by atoms with E-state index in [1.807, 2.05) is 34.6 Å². The fourth-order valence-corrected chi connectivity index (χ4v) is 3.83. The Morgan fingerprint density at radius 2 is 1.41 bits per heavy atom. The molecule has 3 unspecified atom stereocenters. The molecule has 10 heteroatoms. The number of methoxy groups -OCH3 is 1. The molecule has 0 aliphatic carbocycles. The third-order valence-electron chi connectivity index (χ3n) is 7.20. The van der Waals surface area contributed by atoms with Crippen molar-refractivity contribution in [2.45, 2.75) is 99.1 Å². The van der Waals surface area contributed by atoms with Crippen LogP contribution in [-0.4, -0.2) is 49.4 Å². The van der Waals surface area contributed by atoms with Crippen molar-refractivity contribution in [3.63, 3.8) is 0 Å². The standard InChI is InChI=1S/C31H49NO9/c1-10-11-12-15-38-30(36)39-21(6)17-31(32,29(35)37-9)18-24-13-14-25(40-27(33)22(7)19(2)3)26(16-24)41-28(34)23(8)20(4)5/h13-14,16,19-23H,10-12,15,17-18,32H2,1-9H3/t21-,22?,23?,31?/m0/s1. The van der Waals surface area contributed by atoms with Gasteiger partial charge in [-0.2, -0.15) is 0 Å². The number of ether oxygens (including phenoxy) is 5. The number of hydrogen-bond acceptors (Lipinski definition) is 10. The highest BCUT2D eigenvalue weighted by atomic mass is 16.7. The summed E-state index contributed by atoms with van der Waals surface area (Å²) in [6, 6.07) is 4.66. The van der Waals surface area contributed by atoms with Crippen molar-refractivity contribution in [1.29, 1.82) is 0 Å². The van der Waals surface area contributed by atoms with Gasteiger partial charge >= 0.3 is 24.1 Å². The molecule has 0 aromatic heterocycles. The highest BCUT2D eigenvalue weighted by Gasteiger charge is 2.38. The van der Waals surface area contributed by atoms with Crippen LogP contribution in [0.2, 0.25) is 0 Å². The van der Waals surface area contributed by atoms with Crippen molar-refractivity contribution in [2.24, 2.45) is 29.4 Å². The van der Waals surface area contributed by atoms with Crippen molar-refractivity contribution in [3.05, 3.63) is 23.8 Å². The van der Waals surface area contributed by atoms with Gasteiger partial charge in [-0.3, -0.25) is 14.4 Å². The normalized spacial score (nSPS) is 14.9. The summed E-state index contributed by atoms with van der Waals surface area (Å²) in [5, 5.41) is 0. The summed E-state index contributed by atoms with van der Waals surface area (Å²) in [6.07, 6.45) is 0.941. The molecule has 232 valence electrons. The van der Waals surface area contributed by atoms with E-state index in [2.05, 4.69) is 0 Å². The van der Waals surface area contributed by atoms with Crippen LogP contribution in [0, 0.1) is 23.7 Å². The van der Waals surface area contributed by atoms with E-state index in [0.29, 0.717) is 5.56 Å². The number of carbonyl (C=O) groups excluding carboxylic acids is 4. The number of carbonyl (C=O) groups is 4. The zero-order chi connectivity index (χ0) is 31.3. The van der Waals surface area contributed by atoms with Crippen molar-refractivity contribution in [2.75, 3.05) is 13.7 Å².